The molecule has 0 fully saturated rings. The summed E-state index contributed by atoms with van der Waals surface area (Å²) in [5.74, 6) is 0.772. The topological polar surface area (TPSA) is 77.2 Å². The fraction of sp³-hybridized carbons (Fsp3) is 0.385. The van der Waals surface area contributed by atoms with Crippen molar-refractivity contribution in [3.05, 3.63) is 18.2 Å². The molecule has 2 rings (SSSR count). The van der Waals surface area contributed by atoms with E-state index >= 15 is 0 Å². The third-order valence-electron chi connectivity index (χ3n) is 2.53. The maximum Gasteiger partial charge on any atom is 0.226 e. The van der Waals surface area contributed by atoms with Crippen molar-refractivity contribution in [3.63, 3.8) is 0 Å². The van der Waals surface area contributed by atoms with E-state index in [1.165, 1.54) is 11.3 Å². The van der Waals surface area contributed by atoms with E-state index in [9.17, 15) is 4.79 Å². The molecule has 0 saturated heterocycles. The molecular formula is C13H17N3O2S. The molecule has 0 spiro atoms. The predicted octanol–water partition coefficient (Wildman–Crippen LogP) is 2.37. The van der Waals surface area contributed by atoms with Crippen LogP contribution in [0.4, 0.5) is 5.13 Å². The van der Waals surface area contributed by atoms with E-state index in [-0.39, 0.29) is 5.91 Å². The van der Waals surface area contributed by atoms with Crippen LogP contribution in [0, 0.1) is 0 Å². The van der Waals surface area contributed by atoms with Crippen LogP contribution in [-0.4, -0.2) is 24.0 Å². The van der Waals surface area contributed by atoms with Crippen LogP contribution >= 0.6 is 11.3 Å². The number of aromatic nitrogens is 1. The highest BCUT2D eigenvalue weighted by molar-refractivity contribution is 7.22. The van der Waals surface area contributed by atoms with Gasteiger partial charge in [0.2, 0.25) is 5.91 Å². The molecule has 1 heterocycles. The molecule has 0 radical (unpaired) electrons. The summed E-state index contributed by atoms with van der Waals surface area (Å²) in [7, 11) is 0. The lowest BCUT2D eigenvalue weighted by Crippen LogP contribution is -2.13. The minimum absolute atomic E-state index is 0.0467. The number of rotatable bonds is 6. The number of hydrogen-bond acceptors (Lipinski definition) is 5. The summed E-state index contributed by atoms with van der Waals surface area (Å²) >= 11 is 1.44. The molecule has 1 aromatic heterocycles. The average molecular weight is 279 g/mol. The van der Waals surface area contributed by atoms with Gasteiger partial charge in [-0.05, 0) is 38.1 Å². The predicted molar refractivity (Wildman–Crippen MR) is 77.7 cm³/mol. The number of hydrogen-bond donors (Lipinski definition) is 2. The summed E-state index contributed by atoms with van der Waals surface area (Å²) in [5.41, 5.74) is 6.23. The van der Waals surface area contributed by atoms with Crippen LogP contribution in [0.5, 0.6) is 5.75 Å². The van der Waals surface area contributed by atoms with E-state index in [2.05, 4.69) is 10.3 Å². The zero-order valence-corrected chi connectivity index (χ0v) is 11.6. The minimum Gasteiger partial charge on any atom is -0.494 e. The Morgan fingerprint density at radius 3 is 3.11 bits per heavy atom. The Labute approximate surface area is 115 Å². The number of nitrogens with two attached hydrogens (primary N) is 1. The van der Waals surface area contributed by atoms with Gasteiger partial charge in [-0.3, -0.25) is 4.79 Å². The fourth-order valence-corrected chi connectivity index (χ4v) is 2.57. The average Bonchev–Trinajstić information content (AvgIpc) is 2.78. The molecular weight excluding hydrogens is 262 g/mol. The molecule has 0 aliphatic carbocycles. The molecule has 0 atom stereocenters. The number of thiazole rings is 1. The molecule has 1 amide bonds. The Balaban J connectivity index is 2.10. The number of carbonyl (C=O) groups is 1. The zero-order valence-electron chi connectivity index (χ0n) is 10.8. The molecule has 5 nitrogen and oxygen atoms in total. The number of carbonyl (C=O) groups excluding carboxylic acids is 1. The molecule has 19 heavy (non-hydrogen) atoms. The largest absolute Gasteiger partial charge is 0.494 e. The van der Waals surface area contributed by atoms with Crippen LogP contribution in [0.15, 0.2) is 18.2 Å². The lowest BCUT2D eigenvalue weighted by atomic mass is 10.3. The quantitative estimate of drug-likeness (QED) is 0.851. The summed E-state index contributed by atoms with van der Waals surface area (Å²) in [6.07, 6.45) is 1.11. The van der Waals surface area contributed by atoms with Gasteiger partial charge in [0.25, 0.3) is 0 Å². The highest BCUT2D eigenvalue weighted by Gasteiger charge is 2.08. The molecule has 0 saturated carbocycles. The number of nitrogens with one attached hydrogen (secondary N) is 1. The van der Waals surface area contributed by atoms with Gasteiger partial charge in [0.05, 0.1) is 16.8 Å². The number of benzene rings is 1. The van der Waals surface area contributed by atoms with Crippen molar-refractivity contribution >= 4 is 32.6 Å². The molecule has 1 aromatic carbocycles. The van der Waals surface area contributed by atoms with Gasteiger partial charge in [-0.2, -0.15) is 0 Å². The van der Waals surface area contributed by atoms with Crippen LogP contribution in [0.2, 0.25) is 0 Å². The van der Waals surface area contributed by atoms with Crippen molar-refractivity contribution in [2.24, 2.45) is 5.73 Å². The van der Waals surface area contributed by atoms with E-state index in [1.807, 2.05) is 25.1 Å². The van der Waals surface area contributed by atoms with Gasteiger partial charge < -0.3 is 15.8 Å². The van der Waals surface area contributed by atoms with Gasteiger partial charge >= 0.3 is 0 Å². The first-order valence-corrected chi connectivity index (χ1v) is 7.08. The van der Waals surface area contributed by atoms with E-state index in [0.717, 1.165) is 16.0 Å². The van der Waals surface area contributed by atoms with Gasteiger partial charge in [0.1, 0.15) is 5.75 Å². The lowest BCUT2D eigenvalue weighted by Gasteiger charge is -2.00. The van der Waals surface area contributed by atoms with E-state index < -0.39 is 0 Å². The van der Waals surface area contributed by atoms with E-state index in [0.29, 0.717) is 31.1 Å². The second kappa shape index (κ2) is 6.49. The summed E-state index contributed by atoms with van der Waals surface area (Å²) in [4.78, 5) is 16.0. The summed E-state index contributed by atoms with van der Waals surface area (Å²) in [5, 5.41) is 3.41. The lowest BCUT2D eigenvalue weighted by molar-refractivity contribution is -0.116. The van der Waals surface area contributed by atoms with Crippen LogP contribution < -0.4 is 15.8 Å². The number of anilines is 1. The van der Waals surface area contributed by atoms with Gasteiger partial charge in [-0.25, -0.2) is 4.98 Å². The van der Waals surface area contributed by atoms with Crippen molar-refractivity contribution in [2.45, 2.75) is 19.8 Å². The van der Waals surface area contributed by atoms with Crippen molar-refractivity contribution in [1.29, 1.82) is 0 Å². The monoisotopic (exact) mass is 279 g/mol. The number of fused-ring (bicyclic) bond motifs is 1. The highest BCUT2D eigenvalue weighted by atomic mass is 32.1. The standard InChI is InChI=1S/C13H17N3O2S/c1-2-18-9-5-6-10-11(8-9)19-13(15-10)16-12(17)4-3-7-14/h5-6,8H,2-4,7,14H2,1H3,(H,15,16,17). The Kier molecular flexibility index (Phi) is 4.70. The number of ether oxygens (including phenoxy) is 1. The summed E-state index contributed by atoms with van der Waals surface area (Å²) < 4.78 is 6.44. The van der Waals surface area contributed by atoms with Crippen molar-refractivity contribution in [3.8, 4) is 5.75 Å². The Bertz CT molecular complexity index is 568. The van der Waals surface area contributed by atoms with Gasteiger partial charge in [-0.15, -0.1) is 0 Å². The number of amides is 1. The minimum atomic E-state index is -0.0467. The smallest absolute Gasteiger partial charge is 0.226 e. The van der Waals surface area contributed by atoms with Crippen molar-refractivity contribution in [2.75, 3.05) is 18.5 Å². The van der Waals surface area contributed by atoms with E-state index in [4.69, 9.17) is 10.5 Å². The van der Waals surface area contributed by atoms with Gasteiger partial charge in [0, 0.05) is 6.42 Å². The second-order valence-electron chi connectivity index (χ2n) is 4.02. The molecule has 0 aliphatic rings. The van der Waals surface area contributed by atoms with Gasteiger partial charge in [-0.1, -0.05) is 11.3 Å². The van der Waals surface area contributed by atoms with Crippen LogP contribution in [0.1, 0.15) is 19.8 Å². The Morgan fingerprint density at radius 1 is 1.53 bits per heavy atom. The van der Waals surface area contributed by atoms with Crippen molar-refractivity contribution in [1.82, 2.24) is 4.98 Å². The molecule has 102 valence electrons. The molecule has 0 unspecified atom stereocenters. The summed E-state index contributed by atoms with van der Waals surface area (Å²) in [6, 6.07) is 5.71. The third kappa shape index (κ3) is 3.65. The van der Waals surface area contributed by atoms with E-state index in [1.54, 1.807) is 0 Å². The highest BCUT2D eigenvalue weighted by Crippen LogP contribution is 2.29. The normalized spacial score (nSPS) is 10.6. The third-order valence-corrected chi connectivity index (χ3v) is 3.46. The second-order valence-corrected chi connectivity index (χ2v) is 5.05. The molecule has 0 bridgehead atoms. The molecule has 3 N–H and O–H groups in total. The molecule has 0 aliphatic heterocycles. The first kappa shape index (κ1) is 13.8. The van der Waals surface area contributed by atoms with Crippen LogP contribution in [0.3, 0.4) is 0 Å². The molecule has 2 aromatic rings. The SMILES string of the molecule is CCOc1ccc2nc(NC(=O)CCCN)sc2c1. The first-order valence-electron chi connectivity index (χ1n) is 6.26. The Morgan fingerprint density at radius 2 is 2.37 bits per heavy atom. The zero-order chi connectivity index (χ0) is 13.7. The van der Waals surface area contributed by atoms with Crippen LogP contribution in [-0.2, 0) is 4.79 Å². The van der Waals surface area contributed by atoms with Crippen LogP contribution in [0.25, 0.3) is 10.2 Å². The fourth-order valence-electron chi connectivity index (χ4n) is 1.66. The molecule has 6 heteroatoms. The maximum absolute atomic E-state index is 11.6. The van der Waals surface area contributed by atoms with Crippen molar-refractivity contribution < 1.29 is 9.53 Å². The first-order chi connectivity index (χ1) is 9.22. The van der Waals surface area contributed by atoms with Gasteiger partial charge in [0.15, 0.2) is 5.13 Å². The maximum atomic E-state index is 11.6. The summed E-state index contributed by atoms with van der Waals surface area (Å²) in [6.45, 7) is 3.10. The Hall–Kier alpha value is -1.66. The number of nitrogens with zero attached hydrogens (tertiary/aromatic N) is 1.